The van der Waals surface area contributed by atoms with Gasteiger partial charge in [0.2, 0.25) is 5.91 Å². The number of unbranched alkanes of at least 4 members (excludes halogenated alkanes) is 1. The Morgan fingerprint density at radius 2 is 2.04 bits per heavy atom. The van der Waals surface area contributed by atoms with Crippen LogP contribution in [0.2, 0.25) is 0 Å². The van der Waals surface area contributed by atoms with Crippen molar-refractivity contribution in [1.29, 1.82) is 0 Å². The maximum absolute atomic E-state index is 12.0. The highest BCUT2D eigenvalue weighted by Crippen LogP contribution is 2.09. The zero-order valence-electron chi connectivity index (χ0n) is 15.3. The van der Waals surface area contributed by atoms with Gasteiger partial charge in [0.1, 0.15) is 0 Å². The van der Waals surface area contributed by atoms with E-state index in [2.05, 4.69) is 40.7 Å². The molecule has 0 saturated heterocycles. The van der Waals surface area contributed by atoms with E-state index in [-0.39, 0.29) is 36.4 Å². The first-order valence-corrected chi connectivity index (χ1v) is 8.36. The van der Waals surface area contributed by atoms with E-state index in [1.807, 2.05) is 12.1 Å². The lowest BCUT2D eigenvalue weighted by Crippen LogP contribution is -2.41. The summed E-state index contributed by atoms with van der Waals surface area (Å²) in [7, 11) is 1.69. The Balaban J connectivity index is 0.00000576. The van der Waals surface area contributed by atoms with Gasteiger partial charge in [-0.15, -0.1) is 30.4 Å². The van der Waals surface area contributed by atoms with Crippen LogP contribution in [0.3, 0.4) is 0 Å². The maximum atomic E-state index is 12.0. The molecule has 1 aromatic rings. The summed E-state index contributed by atoms with van der Waals surface area (Å²) in [6.07, 6.45) is 8.86. The maximum Gasteiger partial charge on any atom is 0.243 e. The SMILES string of the molecule is C#Cc1cccc(NC(=O)CNC(=NC)NCCCCC(C)C)c1.I. The van der Waals surface area contributed by atoms with Crippen LogP contribution in [0, 0.1) is 18.3 Å². The Bertz CT molecular complexity index is 593. The smallest absolute Gasteiger partial charge is 0.243 e. The number of halogens is 1. The van der Waals surface area contributed by atoms with Crippen molar-refractivity contribution in [2.75, 3.05) is 25.5 Å². The number of hydrogen-bond acceptors (Lipinski definition) is 2. The molecule has 0 aliphatic rings. The summed E-state index contributed by atoms with van der Waals surface area (Å²) < 4.78 is 0. The number of carbonyl (C=O) groups is 1. The number of nitrogens with one attached hydrogen (secondary N) is 3. The summed E-state index contributed by atoms with van der Waals surface area (Å²) in [5, 5.41) is 9.02. The molecule has 0 radical (unpaired) electrons. The quantitative estimate of drug-likeness (QED) is 0.185. The van der Waals surface area contributed by atoms with Crippen LogP contribution in [-0.2, 0) is 4.79 Å². The van der Waals surface area contributed by atoms with Crippen LogP contribution in [-0.4, -0.2) is 32.0 Å². The number of hydrogen-bond donors (Lipinski definition) is 3. The van der Waals surface area contributed by atoms with Crippen molar-refractivity contribution in [3.8, 4) is 12.3 Å². The van der Waals surface area contributed by atoms with E-state index in [4.69, 9.17) is 6.42 Å². The van der Waals surface area contributed by atoms with E-state index < -0.39 is 0 Å². The summed E-state index contributed by atoms with van der Waals surface area (Å²) in [6.45, 7) is 5.45. The molecule has 1 aromatic carbocycles. The second-order valence-corrected chi connectivity index (χ2v) is 6.02. The zero-order valence-corrected chi connectivity index (χ0v) is 17.6. The van der Waals surface area contributed by atoms with Gasteiger partial charge in [0.15, 0.2) is 5.96 Å². The minimum Gasteiger partial charge on any atom is -0.356 e. The number of benzene rings is 1. The molecule has 3 N–H and O–H groups in total. The van der Waals surface area contributed by atoms with E-state index in [1.165, 1.54) is 12.8 Å². The monoisotopic (exact) mass is 456 g/mol. The van der Waals surface area contributed by atoms with Crippen LogP contribution in [0.4, 0.5) is 5.69 Å². The molecule has 0 unspecified atom stereocenters. The molecule has 0 heterocycles. The lowest BCUT2D eigenvalue weighted by Gasteiger charge is -2.12. The number of carbonyl (C=O) groups excluding carboxylic acids is 1. The Labute approximate surface area is 168 Å². The first-order valence-electron chi connectivity index (χ1n) is 8.36. The summed E-state index contributed by atoms with van der Waals surface area (Å²) >= 11 is 0. The third-order valence-electron chi connectivity index (χ3n) is 3.45. The molecule has 0 atom stereocenters. The van der Waals surface area contributed by atoms with Crippen molar-refractivity contribution < 1.29 is 4.79 Å². The standard InChI is InChI=1S/C19H28N4O.HI/c1-5-16-10-8-11-17(13-16)23-18(24)14-22-19(20-4)21-12-7-6-9-15(2)3;/h1,8,10-11,13,15H,6-7,9,12,14H2,2-4H3,(H,23,24)(H2,20,21,22);1H. The lowest BCUT2D eigenvalue weighted by molar-refractivity contribution is -0.115. The number of rotatable bonds is 8. The van der Waals surface area contributed by atoms with Crippen molar-refractivity contribution >= 4 is 41.5 Å². The van der Waals surface area contributed by atoms with Crippen LogP contribution in [0.25, 0.3) is 0 Å². The molecule has 1 amide bonds. The van der Waals surface area contributed by atoms with E-state index in [0.717, 1.165) is 24.4 Å². The molecule has 25 heavy (non-hydrogen) atoms. The third kappa shape index (κ3) is 10.7. The molecule has 6 heteroatoms. The molecule has 138 valence electrons. The van der Waals surface area contributed by atoms with Gasteiger partial charge in [-0.1, -0.05) is 38.7 Å². The van der Waals surface area contributed by atoms with Crippen LogP contribution in [0.15, 0.2) is 29.3 Å². The average Bonchev–Trinajstić information content (AvgIpc) is 2.57. The van der Waals surface area contributed by atoms with Crippen molar-refractivity contribution in [3.63, 3.8) is 0 Å². The van der Waals surface area contributed by atoms with Crippen molar-refractivity contribution in [2.24, 2.45) is 10.9 Å². The second kappa shape index (κ2) is 13.5. The predicted octanol–water partition coefficient (Wildman–Crippen LogP) is 3.22. The number of aliphatic imine (C=N–C) groups is 1. The van der Waals surface area contributed by atoms with Gasteiger partial charge in [-0.05, 0) is 30.5 Å². The van der Waals surface area contributed by atoms with Gasteiger partial charge in [0.05, 0.1) is 6.54 Å². The molecule has 0 spiro atoms. The molecular weight excluding hydrogens is 427 g/mol. The molecule has 0 saturated carbocycles. The normalized spacial score (nSPS) is 10.6. The Kier molecular flexibility index (Phi) is 12.6. The van der Waals surface area contributed by atoms with Gasteiger partial charge in [0, 0.05) is 24.8 Å². The number of anilines is 1. The summed E-state index contributed by atoms with van der Waals surface area (Å²) in [6, 6.07) is 7.20. The van der Waals surface area contributed by atoms with E-state index in [1.54, 1.807) is 19.2 Å². The highest BCUT2D eigenvalue weighted by atomic mass is 127. The number of guanidine groups is 1. The molecule has 0 bridgehead atoms. The zero-order chi connectivity index (χ0) is 17.8. The van der Waals surface area contributed by atoms with Gasteiger partial charge in [-0.25, -0.2) is 0 Å². The van der Waals surface area contributed by atoms with E-state index >= 15 is 0 Å². The van der Waals surface area contributed by atoms with Gasteiger partial charge >= 0.3 is 0 Å². The van der Waals surface area contributed by atoms with Crippen molar-refractivity contribution in [1.82, 2.24) is 10.6 Å². The minimum absolute atomic E-state index is 0. The Morgan fingerprint density at radius 1 is 1.28 bits per heavy atom. The highest BCUT2D eigenvalue weighted by molar-refractivity contribution is 14.0. The fourth-order valence-corrected chi connectivity index (χ4v) is 2.16. The van der Waals surface area contributed by atoms with Crippen molar-refractivity contribution in [3.05, 3.63) is 29.8 Å². The van der Waals surface area contributed by atoms with Crippen LogP contribution in [0.1, 0.15) is 38.7 Å². The van der Waals surface area contributed by atoms with Crippen LogP contribution in [0.5, 0.6) is 0 Å². The molecule has 1 rings (SSSR count). The predicted molar refractivity (Wildman–Crippen MR) is 116 cm³/mol. The Hall–Kier alpha value is -1.75. The van der Waals surface area contributed by atoms with Gasteiger partial charge < -0.3 is 16.0 Å². The molecule has 0 aromatic heterocycles. The topological polar surface area (TPSA) is 65.5 Å². The molecule has 0 aliphatic carbocycles. The van der Waals surface area contributed by atoms with E-state index in [0.29, 0.717) is 11.6 Å². The van der Waals surface area contributed by atoms with Crippen LogP contribution < -0.4 is 16.0 Å². The van der Waals surface area contributed by atoms with Crippen molar-refractivity contribution in [2.45, 2.75) is 33.1 Å². The van der Waals surface area contributed by atoms with Gasteiger partial charge in [0.25, 0.3) is 0 Å². The first-order chi connectivity index (χ1) is 11.5. The van der Waals surface area contributed by atoms with E-state index in [9.17, 15) is 4.79 Å². The minimum atomic E-state index is -0.146. The molecule has 0 fully saturated rings. The van der Waals surface area contributed by atoms with Crippen LogP contribution >= 0.6 is 24.0 Å². The number of terminal acetylenes is 1. The second-order valence-electron chi connectivity index (χ2n) is 6.02. The number of amides is 1. The average molecular weight is 456 g/mol. The first kappa shape index (κ1) is 23.2. The molecular formula is C19H29IN4O. The summed E-state index contributed by atoms with van der Waals surface area (Å²) in [5.74, 6) is 3.76. The Morgan fingerprint density at radius 3 is 2.68 bits per heavy atom. The molecule has 0 aliphatic heterocycles. The highest BCUT2D eigenvalue weighted by Gasteiger charge is 2.04. The summed E-state index contributed by atoms with van der Waals surface area (Å²) in [5.41, 5.74) is 1.42. The lowest BCUT2D eigenvalue weighted by atomic mass is 10.1. The number of nitrogens with zero attached hydrogens (tertiary/aromatic N) is 1. The fourth-order valence-electron chi connectivity index (χ4n) is 2.16. The fraction of sp³-hybridized carbons (Fsp3) is 0.474. The third-order valence-corrected chi connectivity index (χ3v) is 3.45. The summed E-state index contributed by atoms with van der Waals surface area (Å²) in [4.78, 5) is 16.1. The molecule has 5 nitrogen and oxygen atoms in total. The van der Waals surface area contributed by atoms with Gasteiger partial charge in [-0.2, -0.15) is 0 Å². The van der Waals surface area contributed by atoms with Gasteiger partial charge in [-0.3, -0.25) is 9.79 Å². The largest absolute Gasteiger partial charge is 0.356 e.